The van der Waals surface area contributed by atoms with Gasteiger partial charge in [-0.05, 0) is 26.2 Å². The van der Waals surface area contributed by atoms with E-state index in [1.165, 1.54) is 6.26 Å². The van der Waals surface area contributed by atoms with Crippen LogP contribution in [0.3, 0.4) is 0 Å². The van der Waals surface area contributed by atoms with E-state index in [1.807, 2.05) is 6.92 Å². The molecule has 0 amide bonds. The van der Waals surface area contributed by atoms with Crippen LogP contribution in [0.1, 0.15) is 47.0 Å². The summed E-state index contributed by atoms with van der Waals surface area (Å²) < 4.78 is 21.9. The molecule has 92 valence electrons. The molecule has 0 rings (SSSR count). The van der Waals surface area contributed by atoms with Gasteiger partial charge in [-0.3, -0.25) is 0 Å². The first-order valence-corrected chi connectivity index (χ1v) is 7.39. The molecule has 0 fully saturated rings. The Bertz CT molecular complexity index is 280. The van der Waals surface area contributed by atoms with Gasteiger partial charge in [0.15, 0.2) is 9.84 Å². The molecule has 2 unspecified atom stereocenters. The van der Waals surface area contributed by atoms with Crippen LogP contribution in [0.15, 0.2) is 0 Å². The summed E-state index contributed by atoms with van der Waals surface area (Å²) in [7, 11) is -3.21. The molecule has 0 saturated carbocycles. The van der Waals surface area contributed by atoms with Crippen molar-refractivity contribution in [2.45, 2.75) is 57.8 Å². The Balaban J connectivity index is 4.51. The Labute approximate surface area is 93.8 Å². The molecule has 2 atom stereocenters. The third-order valence-electron chi connectivity index (χ3n) is 3.17. The van der Waals surface area contributed by atoms with Crippen molar-refractivity contribution in [2.75, 3.05) is 6.26 Å². The summed E-state index contributed by atoms with van der Waals surface area (Å²) in [6, 6.07) is 0. The number of sulfone groups is 1. The summed E-state index contributed by atoms with van der Waals surface area (Å²) in [4.78, 5) is 0. The minimum Gasteiger partial charge on any atom is -0.391 e. The van der Waals surface area contributed by atoms with Gasteiger partial charge >= 0.3 is 0 Å². The quantitative estimate of drug-likeness (QED) is 0.767. The second-order valence-corrected chi connectivity index (χ2v) is 7.62. The lowest BCUT2D eigenvalue weighted by atomic mass is 9.93. The van der Waals surface area contributed by atoms with E-state index in [-0.39, 0.29) is 0 Å². The number of hydrogen-bond acceptors (Lipinski definition) is 3. The van der Waals surface area contributed by atoms with Crippen molar-refractivity contribution in [3.63, 3.8) is 0 Å². The monoisotopic (exact) mass is 236 g/mol. The van der Waals surface area contributed by atoms with Crippen molar-refractivity contribution >= 4 is 9.84 Å². The third-order valence-corrected chi connectivity index (χ3v) is 5.35. The van der Waals surface area contributed by atoms with Crippen LogP contribution in [0.2, 0.25) is 0 Å². The van der Waals surface area contributed by atoms with E-state index < -0.39 is 20.7 Å². The van der Waals surface area contributed by atoms with Crippen LogP contribution in [0.25, 0.3) is 0 Å². The van der Waals surface area contributed by atoms with Gasteiger partial charge in [0.1, 0.15) is 0 Å². The molecule has 15 heavy (non-hydrogen) atoms. The van der Waals surface area contributed by atoms with Gasteiger partial charge in [0.25, 0.3) is 0 Å². The molecule has 0 aliphatic rings. The van der Waals surface area contributed by atoms with Crippen molar-refractivity contribution < 1.29 is 13.5 Å². The molecule has 0 spiro atoms. The first-order valence-electron chi connectivity index (χ1n) is 5.50. The highest BCUT2D eigenvalue weighted by atomic mass is 32.2. The Hall–Kier alpha value is -0.0900. The number of aliphatic hydroxyl groups excluding tert-OH is 1. The molecule has 0 bridgehead atoms. The summed E-state index contributed by atoms with van der Waals surface area (Å²) in [5, 5.41) is 9.93. The zero-order valence-corrected chi connectivity index (χ0v) is 11.3. The fourth-order valence-corrected chi connectivity index (χ4v) is 2.11. The van der Waals surface area contributed by atoms with Crippen LogP contribution in [-0.4, -0.2) is 30.6 Å². The molecule has 0 aliphatic carbocycles. The fraction of sp³-hybridized carbons (Fsp3) is 1.00. The van der Waals surface area contributed by atoms with E-state index >= 15 is 0 Å². The SMILES string of the molecule is CCCC(C)CC(O)C(C)(C)S(C)(=O)=O. The lowest BCUT2D eigenvalue weighted by Gasteiger charge is -2.30. The Kier molecular flexibility index (Phi) is 5.27. The van der Waals surface area contributed by atoms with E-state index in [0.29, 0.717) is 12.3 Å². The lowest BCUT2D eigenvalue weighted by molar-refractivity contribution is 0.110. The van der Waals surface area contributed by atoms with Crippen molar-refractivity contribution in [2.24, 2.45) is 5.92 Å². The lowest BCUT2D eigenvalue weighted by Crippen LogP contribution is -2.44. The maximum absolute atomic E-state index is 11.5. The van der Waals surface area contributed by atoms with E-state index in [4.69, 9.17) is 0 Å². The average molecular weight is 236 g/mol. The molecule has 3 nitrogen and oxygen atoms in total. The van der Waals surface area contributed by atoms with Crippen molar-refractivity contribution in [1.29, 1.82) is 0 Å². The van der Waals surface area contributed by atoms with Gasteiger partial charge in [0.05, 0.1) is 10.9 Å². The standard InChI is InChI=1S/C11H24O3S/c1-6-7-9(2)8-10(12)11(3,4)15(5,13)14/h9-10,12H,6-8H2,1-5H3. The molecule has 0 radical (unpaired) electrons. The highest BCUT2D eigenvalue weighted by molar-refractivity contribution is 7.92. The van der Waals surface area contributed by atoms with Gasteiger partial charge in [-0.25, -0.2) is 8.42 Å². The van der Waals surface area contributed by atoms with E-state index in [9.17, 15) is 13.5 Å². The summed E-state index contributed by atoms with van der Waals surface area (Å²) in [5.74, 6) is 0.367. The molecule has 4 heteroatoms. The molecule has 0 aromatic carbocycles. The predicted molar refractivity (Wildman–Crippen MR) is 63.6 cm³/mol. The van der Waals surface area contributed by atoms with Crippen LogP contribution in [0.4, 0.5) is 0 Å². The highest BCUT2D eigenvalue weighted by Crippen LogP contribution is 2.26. The predicted octanol–water partition coefficient (Wildman–Crippen LogP) is 2.00. The molecular weight excluding hydrogens is 212 g/mol. The van der Waals surface area contributed by atoms with Crippen LogP contribution in [0.5, 0.6) is 0 Å². The number of hydrogen-bond donors (Lipinski definition) is 1. The molecule has 0 aromatic rings. The van der Waals surface area contributed by atoms with E-state index in [1.54, 1.807) is 13.8 Å². The molecule has 1 N–H and O–H groups in total. The number of rotatable bonds is 6. The second-order valence-electron chi connectivity index (χ2n) is 5.02. The topological polar surface area (TPSA) is 54.4 Å². The Morgan fingerprint density at radius 3 is 2.13 bits per heavy atom. The largest absolute Gasteiger partial charge is 0.391 e. The first-order chi connectivity index (χ1) is 6.63. The molecular formula is C11H24O3S. The van der Waals surface area contributed by atoms with Crippen LogP contribution in [0, 0.1) is 5.92 Å². The molecule has 0 aliphatic heterocycles. The van der Waals surface area contributed by atoms with Gasteiger partial charge in [-0.1, -0.05) is 26.7 Å². The smallest absolute Gasteiger partial charge is 0.155 e. The van der Waals surface area contributed by atoms with Gasteiger partial charge in [-0.2, -0.15) is 0 Å². The van der Waals surface area contributed by atoms with Crippen LogP contribution in [-0.2, 0) is 9.84 Å². The van der Waals surface area contributed by atoms with Crippen LogP contribution >= 0.6 is 0 Å². The molecule has 0 heterocycles. The maximum atomic E-state index is 11.5. The Morgan fingerprint density at radius 2 is 1.80 bits per heavy atom. The van der Waals surface area contributed by atoms with Gasteiger partial charge in [-0.15, -0.1) is 0 Å². The fourth-order valence-electron chi connectivity index (χ4n) is 1.52. The third kappa shape index (κ3) is 4.11. The Morgan fingerprint density at radius 1 is 1.33 bits per heavy atom. The summed E-state index contributed by atoms with van der Waals surface area (Å²) in [5.41, 5.74) is 0. The van der Waals surface area contributed by atoms with E-state index in [0.717, 1.165) is 12.8 Å². The minimum atomic E-state index is -3.21. The van der Waals surface area contributed by atoms with Crippen molar-refractivity contribution in [1.82, 2.24) is 0 Å². The van der Waals surface area contributed by atoms with Gasteiger partial charge in [0, 0.05) is 6.26 Å². The second kappa shape index (κ2) is 5.30. The van der Waals surface area contributed by atoms with E-state index in [2.05, 4.69) is 6.92 Å². The first kappa shape index (κ1) is 14.9. The van der Waals surface area contributed by atoms with Gasteiger partial charge in [0.2, 0.25) is 0 Å². The normalized spacial score (nSPS) is 17.5. The average Bonchev–Trinajstić information content (AvgIpc) is 2.02. The summed E-state index contributed by atoms with van der Waals surface area (Å²) in [6.45, 7) is 7.31. The maximum Gasteiger partial charge on any atom is 0.155 e. The van der Waals surface area contributed by atoms with Crippen molar-refractivity contribution in [3.8, 4) is 0 Å². The highest BCUT2D eigenvalue weighted by Gasteiger charge is 2.38. The summed E-state index contributed by atoms with van der Waals surface area (Å²) in [6.07, 6.45) is 3.03. The zero-order valence-electron chi connectivity index (χ0n) is 10.4. The zero-order chi connectivity index (χ0) is 12.3. The summed E-state index contributed by atoms with van der Waals surface area (Å²) >= 11 is 0. The molecule has 0 saturated heterocycles. The minimum absolute atomic E-state index is 0.367. The number of aliphatic hydroxyl groups is 1. The van der Waals surface area contributed by atoms with Crippen LogP contribution < -0.4 is 0 Å². The van der Waals surface area contributed by atoms with Crippen molar-refractivity contribution in [3.05, 3.63) is 0 Å². The molecule has 0 aromatic heterocycles. The van der Waals surface area contributed by atoms with Gasteiger partial charge < -0.3 is 5.11 Å².